The maximum absolute atomic E-state index is 12.5. The lowest BCUT2D eigenvalue weighted by molar-refractivity contribution is -0.127. The monoisotopic (exact) mass is 377 g/mol. The maximum Gasteiger partial charge on any atom is 0.246 e. The first-order chi connectivity index (χ1) is 12.3. The quantitative estimate of drug-likeness (QED) is 0.617. The van der Waals surface area contributed by atoms with Crippen molar-refractivity contribution in [2.24, 2.45) is 0 Å². The van der Waals surface area contributed by atoms with Gasteiger partial charge in [-0.2, -0.15) is 0 Å². The molecule has 9 heteroatoms. The normalized spacial score (nSPS) is 23.2. The van der Waals surface area contributed by atoms with Crippen molar-refractivity contribution in [2.75, 3.05) is 4.72 Å². The van der Waals surface area contributed by atoms with Crippen molar-refractivity contribution in [1.82, 2.24) is 10.6 Å². The number of anilines is 1. The fourth-order valence-electron chi connectivity index (χ4n) is 2.68. The van der Waals surface area contributed by atoms with E-state index in [1.54, 1.807) is 36.4 Å². The second kappa shape index (κ2) is 7.32. The van der Waals surface area contributed by atoms with Crippen molar-refractivity contribution in [1.29, 1.82) is 0 Å². The SMILES string of the molecule is CC1NC(O)NC(=O)C1S(=O)(=O)Nc1ccc(Oc2ccccc2)cc1. The molecule has 0 spiro atoms. The first-order valence-electron chi connectivity index (χ1n) is 7.94. The number of hydrogen-bond acceptors (Lipinski definition) is 6. The minimum atomic E-state index is -4.01. The maximum atomic E-state index is 12.5. The Morgan fingerprint density at radius 2 is 1.65 bits per heavy atom. The minimum Gasteiger partial charge on any atom is -0.457 e. The predicted molar refractivity (Wildman–Crippen MR) is 96.0 cm³/mol. The molecule has 1 heterocycles. The van der Waals surface area contributed by atoms with Crippen LogP contribution in [0.25, 0.3) is 0 Å². The number of hydrogen-bond donors (Lipinski definition) is 4. The van der Waals surface area contributed by atoms with Crippen LogP contribution in [-0.4, -0.2) is 37.1 Å². The Kier molecular flexibility index (Phi) is 5.12. The molecular weight excluding hydrogens is 358 g/mol. The van der Waals surface area contributed by atoms with Crippen LogP contribution in [0.2, 0.25) is 0 Å². The van der Waals surface area contributed by atoms with Crippen LogP contribution in [-0.2, 0) is 14.8 Å². The smallest absolute Gasteiger partial charge is 0.246 e. The van der Waals surface area contributed by atoms with Crippen LogP contribution in [0.3, 0.4) is 0 Å². The van der Waals surface area contributed by atoms with Gasteiger partial charge in [0.15, 0.2) is 11.6 Å². The molecule has 2 aromatic rings. The Morgan fingerprint density at radius 3 is 2.27 bits per heavy atom. The van der Waals surface area contributed by atoms with Gasteiger partial charge in [-0.3, -0.25) is 14.8 Å². The minimum absolute atomic E-state index is 0.302. The largest absolute Gasteiger partial charge is 0.457 e. The van der Waals surface area contributed by atoms with Gasteiger partial charge in [-0.05, 0) is 43.3 Å². The Labute approximate surface area is 151 Å². The van der Waals surface area contributed by atoms with Crippen LogP contribution in [0.1, 0.15) is 6.92 Å². The van der Waals surface area contributed by atoms with Crippen molar-refractivity contribution in [2.45, 2.75) is 24.6 Å². The summed E-state index contributed by atoms with van der Waals surface area (Å²) >= 11 is 0. The van der Waals surface area contributed by atoms with Crippen molar-refractivity contribution < 1.29 is 23.1 Å². The number of benzene rings is 2. The lowest BCUT2D eigenvalue weighted by Gasteiger charge is -2.32. The number of para-hydroxylation sites is 1. The number of nitrogens with one attached hydrogen (secondary N) is 3. The van der Waals surface area contributed by atoms with Gasteiger partial charge in [-0.15, -0.1) is 0 Å². The van der Waals surface area contributed by atoms with Crippen LogP contribution in [0.15, 0.2) is 54.6 Å². The number of aliphatic hydroxyl groups excluding tert-OH is 1. The number of carbonyl (C=O) groups excluding carboxylic acids is 1. The van der Waals surface area contributed by atoms with Gasteiger partial charge in [-0.25, -0.2) is 8.42 Å². The first-order valence-corrected chi connectivity index (χ1v) is 9.49. The molecule has 3 rings (SSSR count). The molecule has 0 saturated carbocycles. The summed E-state index contributed by atoms with van der Waals surface area (Å²) in [5.74, 6) is 0.450. The highest BCUT2D eigenvalue weighted by Crippen LogP contribution is 2.24. The van der Waals surface area contributed by atoms with E-state index < -0.39 is 33.6 Å². The van der Waals surface area contributed by atoms with E-state index in [9.17, 15) is 18.3 Å². The second-order valence-electron chi connectivity index (χ2n) is 5.87. The van der Waals surface area contributed by atoms with Gasteiger partial charge in [0, 0.05) is 11.7 Å². The summed E-state index contributed by atoms with van der Waals surface area (Å²) in [5, 5.41) is 12.8. The van der Waals surface area contributed by atoms with Gasteiger partial charge in [0.2, 0.25) is 15.9 Å². The molecule has 1 aliphatic rings. The third-order valence-corrected chi connectivity index (χ3v) is 5.65. The second-order valence-corrected chi connectivity index (χ2v) is 7.68. The predicted octanol–water partition coefficient (Wildman–Crippen LogP) is 0.973. The zero-order valence-corrected chi connectivity index (χ0v) is 14.7. The average molecular weight is 377 g/mol. The topological polar surface area (TPSA) is 117 Å². The summed E-state index contributed by atoms with van der Waals surface area (Å²) in [4.78, 5) is 12.0. The van der Waals surface area contributed by atoms with E-state index in [0.717, 1.165) is 0 Å². The van der Waals surface area contributed by atoms with Crippen molar-refractivity contribution in [3.63, 3.8) is 0 Å². The molecule has 2 aromatic carbocycles. The molecule has 8 nitrogen and oxygen atoms in total. The van der Waals surface area contributed by atoms with E-state index in [-0.39, 0.29) is 0 Å². The molecule has 138 valence electrons. The number of aliphatic hydroxyl groups is 1. The summed E-state index contributed by atoms with van der Waals surface area (Å²) in [7, 11) is -4.01. The molecule has 1 aliphatic heterocycles. The zero-order chi connectivity index (χ0) is 18.7. The zero-order valence-electron chi connectivity index (χ0n) is 13.9. The van der Waals surface area contributed by atoms with E-state index in [1.165, 1.54) is 6.92 Å². The number of amides is 1. The lowest BCUT2D eigenvalue weighted by atomic mass is 10.2. The summed E-state index contributed by atoms with van der Waals surface area (Å²) in [6.07, 6.45) is -1.27. The fourth-order valence-corrected chi connectivity index (χ4v) is 4.23. The molecule has 26 heavy (non-hydrogen) atoms. The van der Waals surface area contributed by atoms with Crippen molar-refractivity contribution >= 4 is 21.6 Å². The van der Waals surface area contributed by atoms with Crippen molar-refractivity contribution in [3.05, 3.63) is 54.6 Å². The molecule has 3 atom stereocenters. The molecule has 3 unspecified atom stereocenters. The van der Waals surface area contributed by atoms with Crippen LogP contribution in [0.4, 0.5) is 5.69 Å². The molecule has 0 aromatic heterocycles. The highest BCUT2D eigenvalue weighted by atomic mass is 32.2. The third-order valence-electron chi connectivity index (χ3n) is 3.84. The van der Waals surface area contributed by atoms with Gasteiger partial charge < -0.3 is 15.2 Å². The molecule has 0 aliphatic carbocycles. The van der Waals surface area contributed by atoms with Gasteiger partial charge in [0.1, 0.15) is 11.5 Å². The van der Waals surface area contributed by atoms with Gasteiger partial charge in [0.05, 0.1) is 0 Å². The van der Waals surface area contributed by atoms with E-state index in [4.69, 9.17) is 4.74 Å². The number of rotatable bonds is 5. The van der Waals surface area contributed by atoms with Crippen LogP contribution in [0, 0.1) is 0 Å². The van der Waals surface area contributed by atoms with Gasteiger partial charge in [0.25, 0.3) is 0 Å². The van der Waals surface area contributed by atoms with Crippen LogP contribution >= 0.6 is 0 Å². The number of sulfonamides is 1. The fraction of sp³-hybridized carbons (Fsp3) is 0.235. The van der Waals surface area contributed by atoms with E-state index in [0.29, 0.717) is 17.2 Å². The van der Waals surface area contributed by atoms with Crippen molar-refractivity contribution in [3.8, 4) is 11.5 Å². The molecule has 0 radical (unpaired) electrons. The molecule has 4 N–H and O–H groups in total. The Morgan fingerprint density at radius 1 is 1.04 bits per heavy atom. The number of carbonyl (C=O) groups is 1. The Bertz CT molecular complexity index is 871. The van der Waals surface area contributed by atoms with Crippen LogP contribution in [0.5, 0.6) is 11.5 Å². The average Bonchev–Trinajstić information content (AvgIpc) is 2.56. The van der Waals surface area contributed by atoms with Crippen LogP contribution < -0.4 is 20.1 Å². The van der Waals surface area contributed by atoms with Gasteiger partial charge in [-0.1, -0.05) is 18.2 Å². The molecule has 1 fully saturated rings. The number of ether oxygens (including phenoxy) is 1. The Balaban J connectivity index is 1.71. The summed E-state index contributed by atoms with van der Waals surface area (Å²) < 4.78 is 33.1. The lowest BCUT2D eigenvalue weighted by Crippen LogP contribution is -2.65. The highest BCUT2D eigenvalue weighted by Gasteiger charge is 2.42. The van der Waals surface area contributed by atoms with Gasteiger partial charge >= 0.3 is 0 Å². The standard InChI is InChI=1S/C17H19N3O5S/c1-11-15(16(21)19-17(22)18-11)26(23,24)20-12-7-9-14(10-8-12)25-13-5-3-2-4-6-13/h2-11,15,17-18,20,22H,1H3,(H,19,21). The summed E-state index contributed by atoms with van der Waals surface area (Å²) in [6.45, 7) is 1.52. The van der Waals surface area contributed by atoms with E-state index in [2.05, 4.69) is 15.4 Å². The summed E-state index contributed by atoms with van der Waals surface area (Å²) in [6, 6.07) is 14.8. The molecule has 0 bridgehead atoms. The Hall–Kier alpha value is -2.62. The first kappa shape index (κ1) is 18.2. The third kappa shape index (κ3) is 4.13. The highest BCUT2D eigenvalue weighted by molar-refractivity contribution is 7.94. The summed E-state index contributed by atoms with van der Waals surface area (Å²) in [5.41, 5.74) is 0.302. The molecule has 1 saturated heterocycles. The van der Waals surface area contributed by atoms with E-state index >= 15 is 0 Å². The molecular formula is C17H19N3O5S. The van der Waals surface area contributed by atoms with E-state index in [1.807, 2.05) is 18.2 Å². The molecule has 1 amide bonds.